The third kappa shape index (κ3) is 4.65. The van der Waals surface area contributed by atoms with Gasteiger partial charge in [0.2, 0.25) is 5.88 Å². The van der Waals surface area contributed by atoms with Crippen LogP contribution in [0.3, 0.4) is 0 Å². The highest BCUT2D eigenvalue weighted by molar-refractivity contribution is 7.93. The Balaban J connectivity index is 1.35. The number of nitrogens with one attached hydrogen (secondary N) is 1. The van der Waals surface area contributed by atoms with E-state index in [2.05, 4.69) is 24.6 Å². The molecule has 2 heterocycles. The SMILES string of the molecule is O=S(=O)(Nc1ccc(Oc2ccc(Cl)cc2C2CCCCC2)nc1)c1cccc2nonc12. The Morgan fingerprint density at radius 3 is 2.67 bits per heavy atom. The molecule has 0 saturated heterocycles. The lowest BCUT2D eigenvalue weighted by Crippen LogP contribution is -2.13. The van der Waals surface area contributed by atoms with Crippen molar-refractivity contribution in [2.24, 2.45) is 0 Å². The lowest BCUT2D eigenvalue weighted by atomic mass is 9.84. The van der Waals surface area contributed by atoms with Crippen LogP contribution >= 0.6 is 11.6 Å². The van der Waals surface area contributed by atoms with Crippen molar-refractivity contribution in [3.05, 3.63) is 65.3 Å². The molecule has 1 aliphatic rings. The van der Waals surface area contributed by atoms with Crippen LogP contribution in [-0.2, 0) is 10.0 Å². The maximum Gasteiger partial charge on any atom is 0.264 e. The molecule has 33 heavy (non-hydrogen) atoms. The Labute approximate surface area is 195 Å². The molecule has 0 radical (unpaired) electrons. The standard InChI is InChI=1S/C23H21ClN4O4S/c24-16-9-11-20(18(13-16)15-5-2-1-3-6-15)31-22-12-10-17(14-25-22)28-33(29,30)21-8-4-7-19-23(21)27-32-26-19/h4,7-15,28H,1-3,5-6H2. The number of halogens is 1. The summed E-state index contributed by atoms with van der Waals surface area (Å²) < 4.78 is 38.9. The first-order valence-corrected chi connectivity index (χ1v) is 12.5. The number of nitrogens with zero attached hydrogens (tertiary/aromatic N) is 3. The van der Waals surface area contributed by atoms with E-state index in [1.165, 1.54) is 31.5 Å². The van der Waals surface area contributed by atoms with E-state index in [0.717, 1.165) is 24.2 Å². The number of fused-ring (bicyclic) bond motifs is 1. The van der Waals surface area contributed by atoms with Crippen LogP contribution in [0.2, 0.25) is 5.02 Å². The third-order valence-corrected chi connectivity index (χ3v) is 7.41. The third-order valence-electron chi connectivity index (χ3n) is 5.76. The second-order valence-electron chi connectivity index (χ2n) is 8.00. The summed E-state index contributed by atoms with van der Waals surface area (Å²) in [6.45, 7) is 0. The second kappa shape index (κ2) is 8.99. The van der Waals surface area contributed by atoms with Gasteiger partial charge in [-0.25, -0.2) is 18.0 Å². The van der Waals surface area contributed by atoms with Crippen LogP contribution < -0.4 is 9.46 Å². The zero-order valence-corrected chi connectivity index (χ0v) is 19.1. The Morgan fingerprint density at radius 1 is 1.03 bits per heavy atom. The largest absolute Gasteiger partial charge is 0.439 e. The zero-order chi connectivity index (χ0) is 22.8. The minimum atomic E-state index is -3.92. The molecule has 10 heteroatoms. The summed E-state index contributed by atoms with van der Waals surface area (Å²) in [5.41, 5.74) is 1.90. The molecule has 1 fully saturated rings. The monoisotopic (exact) mass is 484 g/mol. The molecule has 1 aliphatic carbocycles. The van der Waals surface area contributed by atoms with Gasteiger partial charge in [-0.05, 0) is 71.0 Å². The summed E-state index contributed by atoms with van der Waals surface area (Å²) in [5.74, 6) is 1.49. The Kier molecular flexibility index (Phi) is 5.90. The molecule has 2 aromatic carbocycles. The maximum absolute atomic E-state index is 12.8. The molecule has 1 saturated carbocycles. The normalized spacial score (nSPS) is 14.9. The summed E-state index contributed by atoms with van der Waals surface area (Å²) >= 11 is 6.25. The number of benzene rings is 2. The van der Waals surface area contributed by atoms with Crippen LogP contribution in [0.25, 0.3) is 11.0 Å². The van der Waals surface area contributed by atoms with E-state index in [-0.39, 0.29) is 10.4 Å². The quantitative estimate of drug-likeness (QED) is 0.362. The van der Waals surface area contributed by atoms with Crippen LogP contribution in [0.1, 0.15) is 43.6 Å². The van der Waals surface area contributed by atoms with Crippen LogP contribution in [-0.4, -0.2) is 23.7 Å². The maximum atomic E-state index is 12.8. The summed E-state index contributed by atoms with van der Waals surface area (Å²) in [6.07, 6.45) is 7.28. The molecular weight excluding hydrogens is 464 g/mol. The minimum absolute atomic E-state index is 0.0279. The average molecular weight is 485 g/mol. The molecule has 0 atom stereocenters. The summed E-state index contributed by atoms with van der Waals surface area (Å²) in [7, 11) is -3.92. The molecule has 4 aromatic rings. The van der Waals surface area contributed by atoms with E-state index in [1.807, 2.05) is 12.1 Å². The fourth-order valence-corrected chi connectivity index (χ4v) is 5.54. The first-order valence-electron chi connectivity index (χ1n) is 10.7. The van der Waals surface area contributed by atoms with E-state index in [1.54, 1.807) is 30.3 Å². The van der Waals surface area contributed by atoms with Gasteiger partial charge < -0.3 is 4.74 Å². The number of hydrogen-bond donors (Lipinski definition) is 1. The van der Waals surface area contributed by atoms with Gasteiger partial charge in [-0.1, -0.05) is 36.9 Å². The molecule has 0 unspecified atom stereocenters. The smallest absolute Gasteiger partial charge is 0.264 e. The summed E-state index contributed by atoms with van der Waals surface area (Å²) in [5, 5.41) is 8.05. The van der Waals surface area contributed by atoms with Crippen molar-refractivity contribution >= 4 is 38.3 Å². The predicted octanol–water partition coefficient (Wildman–Crippen LogP) is 5.91. The second-order valence-corrected chi connectivity index (χ2v) is 10.1. The van der Waals surface area contributed by atoms with Crippen LogP contribution in [0.15, 0.2) is 64.3 Å². The van der Waals surface area contributed by atoms with E-state index in [0.29, 0.717) is 28.0 Å². The number of sulfonamides is 1. The van der Waals surface area contributed by atoms with Gasteiger partial charge in [0.25, 0.3) is 10.0 Å². The molecule has 170 valence electrons. The van der Waals surface area contributed by atoms with E-state index >= 15 is 0 Å². The first kappa shape index (κ1) is 21.7. The van der Waals surface area contributed by atoms with E-state index in [4.69, 9.17) is 16.3 Å². The lowest BCUT2D eigenvalue weighted by molar-refractivity contribution is 0.315. The molecule has 5 rings (SSSR count). The van der Waals surface area contributed by atoms with E-state index in [9.17, 15) is 8.42 Å². The van der Waals surface area contributed by atoms with Crippen LogP contribution in [0, 0.1) is 0 Å². The fraction of sp³-hybridized carbons (Fsp3) is 0.261. The van der Waals surface area contributed by atoms with Gasteiger partial charge in [0.1, 0.15) is 16.2 Å². The minimum Gasteiger partial charge on any atom is -0.439 e. The Morgan fingerprint density at radius 2 is 1.88 bits per heavy atom. The van der Waals surface area contributed by atoms with Crippen molar-refractivity contribution in [2.75, 3.05) is 4.72 Å². The summed E-state index contributed by atoms with van der Waals surface area (Å²) in [6, 6.07) is 13.5. The number of rotatable bonds is 6. The molecule has 0 bridgehead atoms. The van der Waals surface area contributed by atoms with Gasteiger partial charge >= 0.3 is 0 Å². The number of ether oxygens (including phenoxy) is 1. The van der Waals surface area contributed by atoms with Crippen molar-refractivity contribution in [3.8, 4) is 11.6 Å². The van der Waals surface area contributed by atoms with Crippen molar-refractivity contribution in [2.45, 2.75) is 42.9 Å². The molecular formula is C23H21ClN4O4S. The van der Waals surface area contributed by atoms with Gasteiger partial charge in [0, 0.05) is 11.1 Å². The van der Waals surface area contributed by atoms with E-state index < -0.39 is 10.0 Å². The lowest BCUT2D eigenvalue weighted by Gasteiger charge is -2.24. The molecule has 2 aromatic heterocycles. The number of pyridine rings is 1. The highest BCUT2D eigenvalue weighted by atomic mass is 35.5. The van der Waals surface area contributed by atoms with Crippen molar-refractivity contribution in [1.29, 1.82) is 0 Å². The van der Waals surface area contributed by atoms with Gasteiger partial charge in [0.15, 0.2) is 5.52 Å². The van der Waals surface area contributed by atoms with Crippen molar-refractivity contribution in [1.82, 2.24) is 15.3 Å². The molecule has 1 N–H and O–H groups in total. The zero-order valence-electron chi connectivity index (χ0n) is 17.6. The van der Waals surface area contributed by atoms with Crippen molar-refractivity contribution < 1.29 is 17.8 Å². The highest BCUT2D eigenvalue weighted by Gasteiger charge is 2.22. The highest BCUT2D eigenvalue weighted by Crippen LogP contribution is 2.40. The van der Waals surface area contributed by atoms with Gasteiger partial charge in [-0.3, -0.25) is 4.72 Å². The molecule has 0 amide bonds. The topological polar surface area (TPSA) is 107 Å². The van der Waals surface area contributed by atoms with Crippen LogP contribution in [0.4, 0.5) is 5.69 Å². The first-order chi connectivity index (χ1) is 16.0. The predicted molar refractivity (Wildman–Crippen MR) is 124 cm³/mol. The molecule has 0 spiro atoms. The van der Waals surface area contributed by atoms with Crippen molar-refractivity contribution in [3.63, 3.8) is 0 Å². The number of hydrogen-bond acceptors (Lipinski definition) is 7. The Hall–Kier alpha value is -3.17. The average Bonchev–Trinajstić information content (AvgIpc) is 3.31. The van der Waals surface area contributed by atoms with Gasteiger partial charge in [-0.15, -0.1) is 0 Å². The summed E-state index contributed by atoms with van der Waals surface area (Å²) in [4.78, 5) is 4.26. The van der Waals surface area contributed by atoms with Gasteiger partial charge in [0.05, 0.1) is 11.9 Å². The number of anilines is 1. The number of aromatic nitrogens is 3. The molecule has 8 nitrogen and oxygen atoms in total. The van der Waals surface area contributed by atoms with Gasteiger partial charge in [-0.2, -0.15) is 0 Å². The fourth-order valence-electron chi connectivity index (χ4n) is 4.17. The molecule has 0 aliphatic heterocycles. The van der Waals surface area contributed by atoms with Crippen LogP contribution in [0.5, 0.6) is 11.6 Å². The Bertz CT molecular complexity index is 1380.